The van der Waals surface area contributed by atoms with Crippen LogP contribution < -0.4 is 10.6 Å². The average Bonchev–Trinajstić information content (AvgIpc) is 2.48. The van der Waals surface area contributed by atoms with Crippen molar-refractivity contribution in [3.05, 3.63) is 59.9 Å². The predicted molar refractivity (Wildman–Crippen MR) is 88.9 cm³/mol. The number of halogens is 1. The topological polar surface area (TPSA) is 58.2 Å². The molecule has 2 amide bonds. The van der Waals surface area contributed by atoms with E-state index in [0.29, 0.717) is 17.8 Å². The fraction of sp³-hybridized carbons (Fsp3) is 0.222. The van der Waals surface area contributed by atoms with Crippen molar-refractivity contribution in [2.75, 3.05) is 10.6 Å². The SMILES string of the molecule is CC(C)CC(=O)Nc1ccc(NC(=O)c2ccccc2F)cc1. The summed E-state index contributed by atoms with van der Waals surface area (Å²) in [6.07, 6.45) is 0.450. The van der Waals surface area contributed by atoms with Crippen LogP contribution in [0.4, 0.5) is 15.8 Å². The standard InChI is InChI=1S/C18H19FN2O2/c1-12(2)11-17(22)20-13-7-9-14(10-8-13)21-18(23)15-5-3-4-6-16(15)19/h3-10,12H,11H2,1-2H3,(H,20,22)(H,21,23). The molecule has 0 radical (unpaired) electrons. The van der Waals surface area contributed by atoms with E-state index in [1.165, 1.54) is 18.2 Å². The lowest BCUT2D eigenvalue weighted by molar-refractivity contribution is -0.116. The fourth-order valence-corrected chi connectivity index (χ4v) is 2.06. The van der Waals surface area contributed by atoms with Gasteiger partial charge in [0.2, 0.25) is 5.91 Å². The highest BCUT2D eigenvalue weighted by Gasteiger charge is 2.11. The van der Waals surface area contributed by atoms with Gasteiger partial charge < -0.3 is 10.6 Å². The number of carbonyl (C=O) groups excluding carboxylic acids is 2. The first-order chi connectivity index (χ1) is 11.0. The second-order valence-electron chi connectivity index (χ2n) is 5.66. The van der Waals surface area contributed by atoms with Crippen LogP contribution in [-0.4, -0.2) is 11.8 Å². The Morgan fingerprint density at radius 3 is 2.09 bits per heavy atom. The normalized spacial score (nSPS) is 10.4. The Morgan fingerprint density at radius 2 is 1.52 bits per heavy atom. The monoisotopic (exact) mass is 314 g/mol. The molecule has 2 rings (SSSR count). The first kappa shape index (κ1) is 16.7. The average molecular weight is 314 g/mol. The van der Waals surface area contributed by atoms with Crippen molar-refractivity contribution in [2.45, 2.75) is 20.3 Å². The summed E-state index contributed by atoms with van der Waals surface area (Å²) in [7, 11) is 0. The number of carbonyl (C=O) groups is 2. The van der Waals surface area contributed by atoms with Crippen molar-refractivity contribution >= 4 is 23.2 Å². The van der Waals surface area contributed by atoms with Gasteiger partial charge in [0.1, 0.15) is 5.82 Å². The summed E-state index contributed by atoms with van der Waals surface area (Å²) in [5.74, 6) is -0.847. The minimum absolute atomic E-state index is 0.0122. The Balaban J connectivity index is 1.99. The molecule has 2 aromatic carbocycles. The lowest BCUT2D eigenvalue weighted by atomic mass is 10.1. The molecule has 23 heavy (non-hydrogen) atoms. The summed E-state index contributed by atoms with van der Waals surface area (Å²) in [5, 5.41) is 5.40. The van der Waals surface area contributed by atoms with Crippen LogP contribution in [0.25, 0.3) is 0 Å². The van der Waals surface area contributed by atoms with Gasteiger partial charge in [0.15, 0.2) is 0 Å². The van der Waals surface area contributed by atoms with Crippen molar-refractivity contribution in [1.82, 2.24) is 0 Å². The van der Waals surface area contributed by atoms with Crippen LogP contribution in [0.15, 0.2) is 48.5 Å². The third-order valence-corrected chi connectivity index (χ3v) is 3.14. The predicted octanol–water partition coefficient (Wildman–Crippen LogP) is 4.06. The summed E-state index contributed by atoms with van der Waals surface area (Å²) in [6.45, 7) is 3.95. The Hall–Kier alpha value is -2.69. The molecule has 2 aromatic rings. The van der Waals surface area contributed by atoms with Crippen molar-refractivity contribution in [3.63, 3.8) is 0 Å². The molecule has 0 fully saturated rings. The van der Waals surface area contributed by atoms with E-state index in [1.54, 1.807) is 30.3 Å². The molecule has 0 spiro atoms. The molecule has 0 aliphatic heterocycles. The molecule has 2 N–H and O–H groups in total. The number of hydrogen-bond donors (Lipinski definition) is 2. The van der Waals surface area contributed by atoms with Gasteiger partial charge in [0.25, 0.3) is 5.91 Å². The molecule has 120 valence electrons. The van der Waals surface area contributed by atoms with Crippen molar-refractivity contribution < 1.29 is 14.0 Å². The molecular weight excluding hydrogens is 295 g/mol. The number of nitrogens with one attached hydrogen (secondary N) is 2. The van der Waals surface area contributed by atoms with E-state index in [-0.39, 0.29) is 17.4 Å². The number of hydrogen-bond acceptors (Lipinski definition) is 2. The molecular formula is C18H19FN2O2. The van der Waals surface area contributed by atoms with Crippen LogP contribution in [0, 0.1) is 11.7 Å². The van der Waals surface area contributed by atoms with Crippen LogP contribution in [0.3, 0.4) is 0 Å². The third kappa shape index (κ3) is 4.92. The van der Waals surface area contributed by atoms with Gasteiger partial charge in [-0.3, -0.25) is 9.59 Å². The maximum Gasteiger partial charge on any atom is 0.258 e. The Bertz CT molecular complexity index is 696. The molecule has 0 aliphatic rings. The zero-order chi connectivity index (χ0) is 16.8. The van der Waals surface area contributed by atoms with Crippen LogP contribution in [-0.2, 0) is 4.79 Å². The first-order valence-electron chi connectivity index (χ1n) is 7.41. The maximum absolute atomic E-state index is 13.5. The van der Waals surface area contributed by atoms with Gasteiger partial charge in [-0.2, -0.15) is 0 Å². The van der Waals surface area contributed by atoms with Gasteiger partial charge in [-0.25, -0.2) is 4.39 Å². The zero-order valence-corrected chi connectivity index (χ0v) is 13.1. The largest absolute Gasteiger partial charge is 0.326 e. The highest BCUT2D eigenvalue weighted by molar-refractivity contribution is 6.04. The van der Waals surface area contributed by atoms with Gasteiger partial charge in [-0.1, -0.05) is 26.0 Å². The van der Waals surface area contributed by atoms with Crippen molar-refractivity contribution in [1.29, 1.82) is 0 Å². The van der Waals surface area contributed by atoms with Crippen molar-refractivity contribution in [3.8, 4) is 0 Å². The van der Waals surface area contributed by atoms with Crippen LogP contribution in [0.5, 0.6) is 0 Å². The molecule has 0 saturated heterocycles. The molecule has 0 saturated carbocycles. The van der Waals surface area contributed by atoms with Crippen LogP contribution in [0.2, 0.25) is 0 Å². The molecule has 0 aliphatic carbocycles. The van der Waals surface area contributed by atoms with Crippen molar-refractivity contribution in [2.24, 2.45) is 5.92 Å². The number of amides is 2. The Labute approximate surface area is 134 Å². The fourth-order valence-electron chi connectivity index (χ4n) is 2.06. The molecule has 0 unspecified atom stereocenters. The highest BCUT2D eigenvalue weighted by atomic mass is 19.1. The third-order valence-electron chi connectivity index (χ3n) is 3.14. The van der Waals surface area contributed by atoms with E-state index in [0.717, 1.165) is 0 Å². The van der Waals surface area contributed by atoms with E-state index in [4.69, 9.17) is 0 Å². The number of anilines is 2. The number of rotatable bonds is 5. The summed E-state index contributed by atoms with van der Waals surface area (Å²) >= 11 is 0. The summed E-state index contributed by atoms with van der Waals surface area (Å²) < 4.78 is 13.5. The van der Waals surface area contributed by atoms with Gasteiger partial charge in [0.05, 0.1) is 5.56 Å². The minimum Gasteiger partial charge on any atom is -0.326 e. The second-order valence-corrected chi connectivity index (χ2v) is 5.66. The summed E-state index contributed by atoms with van der Waals surface area (Å²) in [4.78, 5) is 23.7. The molecule has 4 nitrogen and oxygen atoms in total. The Kier molecular flexibility index (Phi) is 5.46. The molecule has 0 heterocycles. The van der Waals surface area contributed by atoms with Gasteiger partial charge in [-0.05, 0) is 42.3 Å². The van der Waals surface area contributed by atoms with E-state index in [9.17, 15) is 14.0 Å². The van der Waals surface area contributed by atoms with E-state index < -0.39 is 11.7 Å². The van der Waals surface area contributed by atoms with Gasteiger partial charge >= 0.3 is 0 Å². The van der Waals surface area contributed by atoms with Crippen LogP contribution >= 0.6 is 0 Å². The Morgan fingerprint density at radius 1 is 0.957 bits per heavy atom. The van der Waals surface area contributed by atoms with E-state index in [2.05, 4.69) is 10.6 Å². The van der Waals surface area contributed by atoms with E-state index in [1.807, 2.05) is 13.8 Å². The molecule has 0 aromatic heterocycles. The maximum atomic E-state index is 13.5. The first-order valence-corrected chi connectivity index (χ1v) is 7.41. The lowest BCUT2D eigenvalue weighted by Crippen LogP contribution is -2.15. The zero-order valence-electron chi connectivity index (χ0n) is 13.1. The summed E-state index contributed by atoms with van der Waals surface area (Å²) in [5.41, 5.74) is 1.17. The van der Waals surface area contributed by atoms with E-state index >= 15 is 0 Å². The number of benzene rings is 2. The van der Waals surface area contributed by atoms with Gasteiger partial charge in [0, 0.05) is 17.8 Å². The molecule has 0 bridgehead atoms. The molecule has 5 heteroatoms. The highest BCUT2D eigenvalue weighted by Crippen LogP contribution is 2.16. The van der Waals surface area contributed by atoms with Gasteiger partial charge in [-0.15, -0.1) is 0 Å². The summed E-state index contributed by atoms with van der Waals surface area (Å²) in [6, 6.07) is 12.5. The molecule has 0 atom stereocenters. The minimum atomic E-state index is -0.567. The smallest absolute Gasteiger partial charge is 0.258 e. The second kappa shape index (κ2) is 7.54. The lowest BCUT2D eigenvalue weighted by Gasteiger charge is -2.09. The van der Waals surface area contributed by atoms with Crippen LogP contribution in [0.1, 0.15) is 30.6 Å². The quantitative estimate of drug-likeness (QED) is 0.874.